The first-order valence-corrected chi connectivity index (χ1v) is 7.63. The van der Waals surface area contributed by atoms with E-state index in [9.17, 15) is 15.0 Å². The minimum Gasteiger partial charge on any atom is -0.478 e. The molecule has 0 saturated carbocycles. The zero-order chi connectivity index (χ0) is 15.5. The summed E-state index contributed by atoms with van der Waals surface area (Å²) in [6.07, 6.45) is 0.648. The number of hydrogen-bond donors (Lipinski definition) is 2. The fourth-order valence-corrected chi connectivity index (χ4v) is 2.80. The van der Waals surface area contributed by atoms with Crippen LogP contribution in [0.5, 0.6) is 0 Å². The van der Waals surface area contributed by atoms with Crippen molar-refractivity contribution in [2.45, 2.75) is 51.7 Å². The number of aromatic nitrogens is 2. The van der Waals surface area contributed by atoms with Crippen LogP contribution in [0.4, 0.5) is 0 Å². The van der Waals surface area contributed by atoms with Crippen LogP contribution in [0.3, 0.4) is 0 Å². The zero-order valence-electron chi connectivity index (χ0n) is 12.6. The highest BCUT2D eigenvalue weighted by molar-refractivity contribution is 7.99. The summed E-state index contributed by atoms with van der Waals surface area (Å²) in [5.41, 5.74) is -0.270. The second-order valence-electron chi connectivity index (χ2n) is 5.36. The average Bonchev–Trinajstić information content (AvgIpc) is 2.34. The molecule has 6 heteroatoms. The van der Waals surface area contributed by atoms with Gasteiger partial charge in [-0.3, -0.25) is 0 Å². The van der Waals surface area contributed by atoms with Gasteiger partial charge in [-0.2, -0.15) is 0 Å². The zero-order valence-corrected chi connectivity index (χ0v) is 13.4. The fraction of sp³-hybridized carbons (Fsp3) is 0.643. The van der Waals surface area contributed by atoms with Crippen molar-refractivity contribution in [3.63, 3.8) is 0 Å². The molecule has 0 bridgehead atoms. The average molecular weight is 298 g/mol. The molecule has 0 aliphatic rings. The van der Waals surface area contributed by atoms with E-state index in [1.54, 1.807) is 13.8 Å². The van der Waals surface area contributed by atoms with Gasteiger partial charge in [0.2, 0.25) is 0 Å². The Morgan fingerprint density at radius 2 is 2.00 bits per heavy atom. The molecule has 0 radical (unpaired) electrons. The van der Waals surface area contributed by atoms with E-state index < -0.39 is 11.6 Å². The number of aromatic carboxylic acids is 1. The topological polar surface area (TPSA) is 83.3 Å². The van der Waals surface area contributed by atoms with E-state index in [4.69, 9.17) is 0 Å². The van der Waals surface area contributed by atoms with Crippen LogP contribution >= 0.6 is 11.8 Å². The van der Waals surface area contributed by atoms with Gasteiger partial charge in [-0.05, 0) is 19.8 Å². The van der Waals surface area contributed by atoms with E-state index in [1.165, 1.54) is 11.8 Å². The van der Waals surface area contributed by atoms with Gasteiger partial charge in [-0.15, -0.1) is 11.8 Å². The molecule has 1 heterocycles. The van der Waals surface area contributed by atoms with E-state index in [0.717, 1.165) is 0 Å². The maximum Gasteiger partial charge on any atom is 0.340 e. The number of carboxylic acid groups (broad SMARTS) is 1. The number of thioether (sulfide) groups is 1. The van der Waals surface area contributed by atoms with Crippen LogP contribution < -0.4 is 0 Å². The lowest BCUT2D eigenvalue weighted by Gasteiger charge is -2.27. The quantitative estimate of drug-likeness (QED) is 0.620. The molecule has 112 valence electrons. The summed E-state index contributed by atoms with van der Waals surface area (Å²) >= 11 is 1.27. The van der Waals surface area contributed by atoms with E-state index in [2.05, 4.69) is 9.97 Å². The molecule has 0 fully saturated rings. The standard InChI is InChI=1S/C14H22N2O3S/c1-6-10-15-9(4)11(13(17)18)12(16-10)20-7-14(5,19)8(2)3/h8,19H,6-7H2,1-5H3,(H,17,18). The molecular weight excluding hydrogens is 276 g/mol. The van der Waals surface area contributed by atoms with Crippen LogP contribution in [0.25, 0.3) is 0 Å². The molecule has 1 atom stereocenters. The first-order valence-electron chi connectivity index (χ1n) is 6.65. The van der Waals surface area contributed by atoms with E-state index in [-0.39, 0.29) is 11.5 Å². The normalized spacial score (nSPS) is 14.3. The second kappa shape index (κ2) is 6.54. The van der Waals surface area contributed by atoms with Gasteiger partial charge < -0.3 is 10.2 Å². The third-order valence-electron chi connectivity index (χ3n) is 3.38. The Hall–Kier alpha value is -1.14. The fourth-order valence-electron chi connectivity index (χ4n) is 1.49. The van der Waals surface area contributed by atoms with Gasteiger partial charge in [0.05, 0.1) is 11.3 Å². The number of nitrogens with zero attached hydrogens (tertiary/aromatic N) is 2. The maximum absolute atomic E-state index is 11.3. The van der Waals surface area contributed by atoms with Gasteiger partial charge in [-0.25, -0.2) is 14.8 Å². The predicted octanol–water partition coefficient (Wildman–Crippen LogP) is 2.54. The largest absolute Gasteiger partial charge is 0.478 e. The molecule has 1 aromatic rings. The number of hydrogen-bond acceptors (Lipinski definition) is 5. The Morgan fingerprint density at radius 3 is 2.45 bits per heavy atom. The monoisotopic (exact) mass is 298 g/mol. The van der Waals surface area contributed by atoms with Crippen molar-refractivity contribution in [2.24, 2.45) is 5.92 Å². The summed E-state index contributed by atoms with van der Waals surface area (Å²) in [6.45, 7) is 9.21. The van der Waals surface area contributed by atoms with Crippen molar-refractivity contribution in [1.82, 2.24) is 9.97 Å². The molecule has 0 aliphatic heterocycles. The summed E-state index contributed by atoms with van der Waals surface area (Å²) in [7, 11) is 0. The van der Waals surface area contributed by atoms with Gasteiger partial charge in [0.15, 0.2) is 0 Å². The lowest BCUT2D eigenvalue weighted by atomic mass is 9.95. The third-order valence-corrected chi connectivity index (χ3v) is 4.68. The van der Waals surface area contributed by atoms with Crippen molar-refractivity contribution in [3.8, 4) is 0 Å². The lowest BCUT2D eigenvalue weighted by Crippen LogP contribution is -2.34. The van der Waals surface area contributed by atoms with Crippen molar-refractivity contribution < 1.29 is 15.0 Å². The Balaban J connectivity index is 3.10. The molecule has 0 amide bonds. The van der Waals surface area contributed by atoms with E-state index in [1.807, 2.05) is 20.8 Å². The minimum atomic E-state index is -1.03. The Kier molecular flexibility index (Phi) is 5.53. The van der Waals surface area contributed by atoms with Crippen molar-refractivity contribution in [2.75, 3.05) is 5.75 Å². The van der Waals surface area contributed by atoms with Crippen LogP contribution in [-0.2, 0) is 6.42 Å². The highest BCUT2D eigenvalue weighted by Gasteiger charge is 2.27. The first-order chi connectivity index (χ1) is 9.19. The highest BCUT2D eigenvalue weighted by Crippen LogP contribution is 2.29. The number of aliphatic hydroxyl groups is 1. The van der Waals surface area contributed by atoms with Crippen molar-refractivity contribution in [3.05, 3.63) is 17.1 Å². The molecule has 1 rings (SSSR count). The van der Waals surface area contributed by atoms with Gasteiger partial charge in [0.25, 0.3) is 0 Å². The molecule has 2 N–H and O–H groups in total. The summed E-state index contributed by atoms with van der Waals surface area (Å²) in [5, 5.41) is 20.0. The van der Waals surface area contributed by atoms with Crippen LogP contribution in [0, 0.1) is 12.8 Å². The van der Waals surface area contributed by atoms with Gasteiger partial charge in [0.1, 0.15) is 16.4 Å². The van der Waals surface area contributed by atoms with Crippen LogP contribution in [0.2, 0.25) is 0 Å². The molecule has 1 unspecified atom stereocenters. The number of aryl methyl sites for hydroxylation is 2. The smallest absolute Gasteiger partial charge is 0.340 e. The van der Waals surface area contributed by atoms with Gasteiger partial charge in [-0.1, -0.05) is 20.8 Å². The molecule has 1 aromatic heterocycles. The van der Waals surface area contributed by atoms with Crippen molar-refractivity contribution >= 4 is 17.7 Å². The van der Waals surface area contributed by atoms with Crippen LogP contribution in [0.1, 0.15) is 49.6 Å². The summed E-state index contributed by atoms with van der Waals surface area (Å²) in [4.78, 5) is 19.8. The number of rotatable bonds is 6. The van der Waals surface area contributed by atoms with E-state index >= 15 is 0 Å². The van der Waals surface area contributed by atoms with Crippen molar-refractivity contribution in [1.29, 1.82) is 0 Å². The third kappa shape index (κ3) is 3.93. The molecular formula is C14H22N2O3S. The van der Waals surface area contributed by atoms with E-state index in [0.29, 0.717) is 28.7 Å². The van der Waals surface area contributed by atoms with Crippen LogP contribution in [-0.4, -0.2) is 37.5 Å². The molecule has 0 saturated heterocycles. The molecule has 0 aliphatic carbocycles. The minimum absolute atomic E-state index is 0.0804. The van der Waals surface area contributed by atoms with Crippen LogP contribution in [0.15, 0.2) is 5.03 Å². The first kappa shape index (κ1) is 16.9. The Labute approximate surface area is 123 Å². The van der Waals surface area contributed by atoms with Gasteiger partial charge >= 0.3 is 5.97 Å². The molecule has 0 spiro atoms. The molecule has 0 aromatic carbocycles. The Bertz CT molecular complexity index is 501. The summed E-state index contributed by atoms with van der Waals surface area (Å²) in [6, 6.07) is 0. The molecule has 20 heavy (non-hydrogen) atoms. The number of carboxylic acids is 1. The van der Waals surface area contributed by atoms with Gasteiger partial charge in [0, 0.05) is 12.2 Å². The Morgan fingerprint density at radius 1 is 1.40 bits per heavy atom. The predicted molar refractivity (Wildman–Crippen MR) is 79.3 cm³/mol. The number of carbonyl (C=O) groups is 1. The highest BCUT2D eigenvalue weighted by atomic mass is 32.2. The summed E-state index contributed by atoms with van der Waals surface area (Å²) < 4.78 is 0. The SMILES string of the molecule is CCc1nc(C)c(C(=O)O)c(SCC(C)(O)C(C)C)n1. The lowest BCUT2D eigenvalue weighted by molar-refractivity contribution is 0.0375. The summed E-state index contributed by atoms with van der Waals surface area (Å²) in [5.74, 6) is 0.0674. The second-order valence-corrected chi connectivity index (χ2v) is 6.33. The maximum atomic E-state index is 11.3. The molecule has 5 nitrogen and oxygen atoms in total.